The number of carboxylic acid groups (broad SMARTS) is 1. The molecule has 0 saturated carbocycles. The average molecular weight is 493 g/mol. The first-order valence-corrected chi connectivity index (χ1v) is 12.7. The number of hydrogen-bond donors (Lipinski definition) is 3. The van der Waals surface area contributed by atoms with E-state index in [9.17, 15) is 9.90 Å². The lowest BCUT2D eigenvalue weighted by Crippen LogP contribution is -2.22. The molecule has 1 aliphatic heterocycles. The van der Waals surface area contributed by atoms with Gasteiger partial charge in [0.05, 0.1) is 17.0 Å². The summed E-state index contributed by atoms with van der Waals surface area (Å²) in [5, 5.41) is 13.2. The highest BCUT2D eigenvalue weighted by Crippen LogP contribution is 2.48. The van der Waals surface area contributed by atoms with Crippen LogP contribution in [0.1, 0.15) is 16.7 Å². The first kappa shape index (κ1) is 26.1. The highest BCUT2D eigenvalue weighted by Gasteiger charge is 2.31. The van der Waals surface area contributed by atoms with E-state index in [1.54, 1.807) is 31.0 Å². The van der Waals surface area contributed by atoms with Gasteiger partial charge in [0.25, 0.3) is 0 Å². The molecular weight excluding hydrogens is 460 g/mol. The zero-order valence-corrected chi connectivity index (χ0v) is 21.8. The molecule has 2 aromatic rings. The van der Waals surface area contributed by atoms with Crippen molar-refractivity contribution >= 4 is 34.7 Å². The minimum atomic E-state index is -1.10. The molecule has 1 heterocycles. The number of benzene rings is 2. The lowest BCUT2D eigenvalue weighted by molar-refractivity contribution is -0.132. The van der Waals surface area contributed by atoms with E-state index < -0.39 is 5.97 Å². The van der Waals surface area contributed by atoms with Gasteiger partial charge in [-0.25, -0.2) is 4.79 Å². The first-order chi connectivity index (χ1) is 16.8. The van der Waals surface area contributed by atoms with Gasteiger partial charge in [0.15, 0.2) is 0 Å². The van der Waals surface area contributed by atoms with E-state index in [-0.39, 0.29) is 11.3 Å². The van der Waals surface area contributed by atoms with E-state index in [1.165, 1.54) is 0 Å². The fourth-order valence-corrected chi connectivity index (χ4v) is 4.05. The number of carboxylic acids is 1. The topological polar surface area (TPSA) is 100 Å². The second kappa shape index (κ2) is 11.3. The summed E-state index contributed by atoms with van der Waals surface area (Å²) in [6.45, 7) is 0.691. The largest absolute Gasteiger partial charge is 0.478 e. The lowest BCUT2D eigenvalue weighted by Gasteiger charge is -2.28. The minimum absolute atomic E-state index is 0.0397. The predicted molar refractivity (Wildman–Crippen MR) is 147 cm³/mol. The Morgan fingerprint density at radius 1 is 1.11 bits per heavy atom. The van der Waals surface area contributed by atoms with E-state index in [0.717, 1.165) is 28.0 Å². The fraction of sp³-hybridized carbons (Fsp3) is 0.259. The van der Waals surface area contributed by atoms with Gasteiger partial charge in [-0.05, 0) is 55.0 Å². The monoisotopic (exact) mass is 492 g/mol. The van der Waals surface area contributed by atoms with Crippen LogP contribution in [0.3, 0.4) is 0 Å². The SMILES string of the molecule is CN=C1C=CC(=C2c3ccc(CNC)cc3Oc3cc(N(C)C)ccc32)C(C(=O)O)=C1N.CSC. The van der Waals surface area contributed by atoms with Crippen molar-refractivity contribution in [1.82, 2.24) is 5.32 Å². The van der Waals surface area contributed by atoms with Crippen LogP contribution in [0.2, 0.25) is 0 Å². The highest BCUT2D eigenvalue weighted by atomic mass is 32.2. The van der Waals surface area contributed by atoms with Crippen molar-refractivity contribution in [1.29, 1.82) is 0 Å². The summed E-state index contributed by atoms with van der Waals surface area (Å²) in [4.78, 5) is 18.4. The normalized spacial score (nSPS) is 17.3. The fourth-order valence-electron chi connectivity index (χ4n) is 4.05. The number of nitrogens with zero attached hydrogens (tertiary/aromatic N) is 2. The molecular formula is C27H32N4O3S. The maximum Gasteiger partial charge on any atom is 0.338 e. The Bertz CT molecular complexity index is 1260. The zero-order chi connectivity index (χ0) is 25.7. The Morgan fingerprint density at radius 2 is 1.74 bits per heavy atom. The molecule has 0 fully saturated rings. The van der Waals surface area contributed by atoms with Gasteiger partial charge in [-0.3, -0.25) is 4.99 Å². The molecule has 7 nitrogen and oxygen atoms in total. The summed E-state index contributed by atoms with van der Waals surface area (Å²) >= 11 is 1.75. The summed E-state index contributed by atoms with van der Waals surface area (Å²) in [6, 6.07) is 11.9. The third-order valence-electron chi connectivity index (χ3n) is 5.61. The Morgan fingerprint density at radius 3 is 2.31 bits per heavy atom. The van der Waals surface area contributed by atoms with Crippen LogP contribution in [0.4, 0.5) is 5.69 Å². The molecule has 35 heavy (non-hydrogen) atoms. The number of ether oxygens (including phenoxy) is 1. The number of aliphatic carboxylic acids is 1. The number of nitrogens with one attached hydrogen (secondary N) is 1. The maximum absolute atomic E-state index is 12.3. The van der Waals surface area contributed by atoms with Crippen LogP contribution in [-0.2, 0) is 11.3 Å². The standard InChI is InChI=1S/C25H26N4O3.C2H6S/c1-27-13-14-5-7-16-20(11-14)32-21-12-15(29(3)4)6-8-17(21)22(16)18-9-10-19(28-2)24(26)23(18)25(30)31;1-3-2/h5-12,27H,13,26H2,1-4H3,(H,30,31);1-2H3. The minimum Gasteiger partial charge on any atom is -0.478 e. The second-order valence-electron chi connectivity index (χ2n) is 8.27. The summed E-state index contributed by atoms with van der Waals surface area (Å²) in [7, 11) is 7.41. The number of carbonyl (C=O) groups is 1. The molecule has 4 N–H and O–H groups in total. The molecule has 1 aliphatic carbocycles. The number of fused-ring (bicyclic) bond motifs is 2. The van der Waals surface area contributed by atoms with Gasteiger partial charge in [-0.2, -0.15) is 11.8 Å². The van der Waals surface area contributed by atoms with Crippen molar-refractivity contribution in [2.24, 2.45) is 10.7 Å². The molecule has 8 heteroatoms. The van der Waals surface area contributed by atoms with Gasteiger partial charge in [0, 0.05) is 56.1 Å². The van der Waals surface area contributed by atoms with E-state index in [1.807, 2.05) is 75.0 Å². The first-order valence-electron chi connectivity index (χ1n) is 11.1. The Hall–Kier alpha value is -3.49. The predicted octanol–water partition coefficient (Wildman–Crippen LogP) is 4.30. The number of nitrogens with two attached hydrogens (primary N) is 1. The van der Waals surface area contributed by atoms with Crippen molar-refractivity contribution in [3.05, 3.63) is 82.1 Å². The third kappa shape index (κ3) is 5.28. The molecule has 0 spiro atoms. The molecule has 0 unspecified atom stereocenters. The third-order valence-corrected chi connectivity index (χ3v) is 5.61. The molecule has 0 bridgehead atoms. The number of thioether (sulfide) groups is 1. The molecule has 2 aromatic carbocycles. The number of anilines is 1. The molecule has 0 saturated heterocycles. The second-order valence-corrected chi connectivity index (χ2v) is 9.09. The Labute approximate surface area is 211 Å². The van der Waals surface area contributed by atoms with Crippen LogP contribution in [-0.4, -0.2) is 57.5 Å². The average Bonchev–Trinajstić information content (AvgIpc) is 2.82. The molecule has 0 amide bonds. The number of rotatable bonds is 4. The molecule has 2 aliphatic rings. The van der Waals surface area contributed by atoms with Crippen molar-refractivity contribution in [2.75, 3.05) is 45.6 Å². The van der Waals surface area contributed by atoms with E-state index in [2.05, 4.69) is 10.3 Å². The summed E-state index contributed by atoms with van der Waals surface area (Å²) in [6.07, 6.45) is 7.61. The number of aliphatic imine (C=N–C) groups is 1. The smallest absolute Gasteiger partial charge is 0.338 e. The zero-order valence-electron chi connectivity index (χ0n) is 21.0. The van der Waals surface area contributed by atoms with Crippen LogP contribution in [0.25, 0.3) is 5.57 Å². The van der Waals surface area contributed by atoms with Gasteiger partial charge in [-0.1, -0.05) is 18.2 Å². The van der Waals surface area contributed by atoms with Crippen LogP contribution < -0.4 is 20.7 Å². The van der Waals surface area contributed by atoms with Gasteiger partial charge in [-0.15, -0.1) is 0 Å². The van der Waals surface area contributed by atoms with Crippen molar-refractivity contribution in [2.45, 2.75) is 6.54 Å². The van der Waals surface area contributed by atoms with Crippen LogP contribution in [0.5, 0.6) is 11.5 Å². The molecule has 0 atom stereocenters. The van der Waals surface area contributed by atoms with Crippen LogP contribution >= 0.6 is 11.8 Å². The molecule has 184 valence electrons. The van der Waals surface area contributed by atoms with Crippen LogP contribution in [0.15, 0.2) is 70.4 Å². The van der Waals surface area contributed by atoms with Gasteiger partial charge in [0.1, 0.15) is 11.5 Å². The van der Waals surface area contributed by atoms with E-state index >= 15 is 0 Å². The molecule has 0 aromatic heterocycles. The summed E-state index contributed by atoms with van der Waals surface area (Å²) < 4.78 is 6.31. The number of allylic oxidation sites excluding steroid dienone is 2. The summed E-state index contributed by atoms with van der Waals surface area (Å²) in [5.41, 5.74) is 11.9. The van der Waals surface area contributed by atoms with Gasteiger partial charge >= 0.3 is 5.97 Å². The van der Waals surface area contributed by atoms with Crippen molar-refractivity contribution in [3.63, 3.8) is 0 Å². The highest BCUT2D eigenvalue weighted by molar-refractivity contribution is 7.97. The number of hydrogen-bond acceptors (Lipinski definition) is 7. The lowest BCUT2D eigenvalue weighted by atomic mass is 9.83. The van der Waals surface area contributed by atoms with E-state index in [4.69, 9.17) is 10.5 Å². The quantitative estimate of drug-likeness (QED) is 0.499. The van der Waals surface area contributed by atoms with Crippen molar-refractivity contribution < 1.29 is 14.6 Å². The van der Waals surface area contributed by atoms with Gasteiger partial charge in [0.2, 0.25) is 0 Å². The Kier molecular flexibility index (Phi) is 8.43. The maximum atomic E-state index is 12.3. The van der Waals surface area contributed by atoms with Crippen LogP contribution in [0, 0.1) is 0 Å². The Balaban J connectivity index is 0.00000108. The molecule has 0 radical (unpaired) electrons. The van der Waals surface area contributed by atoms with E-state index in [0.29, 0.717) is 29.3 Å². The van der Waals surface area contributed by atoms with Gasteiger partial charge < -0.3 is 25.8 Å². The summed E-state index contributed by atoms with van der Waals surface area (Å²) in [5.74, 6) is 0.247. The van der Waals surface area contributed by atoms with Crippen molar-refractivity contribution in [3.8, 4) is 11.5 Å². The molecule has 4 rings (SSSR count).